The predicted molar refractivity (Wildman–Crippen MR) is 63.7 cm³/mol. The molecule has 0 amide bonds. The summed E-state index contributed by atoms with van der Waals surface area (Å²) >= 11 is 0. The molecule has 0 heterocycles. The zero-order chi connectivity index (χ0) is 11.4. The van der Waals surface area contributed by atoms with Crippen molar-refractivity contribution in [3.63, 3.8) is 0 Å². The summed E-state index contributed by atoms with van der Waals surface area (Å²) < 4.78 is 0. The lowest BCUT2D eigenvalue weighted by molar-refractivity contribution is 0.275. The fourth-order valence-electron chi connectivity index (χ4n) is 1.74. The molecular formula is C14H14O2. The Labute approximate surface area is 94.8 Å². The third-order valence-corrected chi connectivity index (χ3v) is 2.52. The molecule has 0 saturated heterocycles. The normalized spacial score (nSPS) is 10.4. The van der Waals surface area contributed by atoms with Crippen LogP contribution < -0.4 is 0 Å². The highest BCUT2D eigenvalue weighted by Gasteiger charge is 2.02. The van der Waals surface area contributed by atoms with Gasteiger partial charge in [0.15, 0.2) is 0 Å². The van der Waals surface area contributed by atoms with E-state index in [0.717, 1.165) is 22.3 Å². The molecule has 2 aromatic rings. The number of aliphatic hydroxyl groups is 2. The molecule has 0 spiro atoms. The highest BCUT2D eigenvalue weighted by Crippen LogP contribution is 2.22. The van der Waals surface area contributed by atoms with E-state index in [-0.39, 0.29) is 13.2 Å². The van der Waals surface area contributed by atoms with E-state index in [4.69, 9.17) is 10.2 Å². The largest absolute Gasteiger partial charge is 0.392 e. The number of hydrogen-bond donors (Lipinski definition) is 2. The number of hydrogen-bond acceptors (Lipinski definition) is 2. The molecule has 0 atom stereocenters. The van der Waals surface area contributed by atoms with Crippen molar-refractivity contribution in [3.8, 4) is 11.1 Å². The summed E-state index contributed by atoms with van der Waals surface area (Å²) in [5, 5.41) is 18.3. The van der Waals surface area contributed by atoms with Gasteiger partial charge in [-0.1, -0.05) is 36.4 Å². The standard InChI is InChI=1S/C14H14O2/c15-9-11-6-12(10-16)8-14(7-11)13-4-2-1-3-5-13/h1-8,15-16H,9-10H2. The molecule has 2 heteroatoms. The maximum absolute atomic E-state index is 9.15. The van der Waals surface area contributed by atoms with Gasteiger partial charge in [-0.3, -0.25) is 0 Å². The van der Waals surface area contributed by atoms with Gasteiger partial charge in [0.2, 0.25) is 0 Å². The van der Waals surface area contributed by atoms with E-state index in [9.17, 15) is 0 Å². The van der Waals surface area contributed by atoms with Gasteiger partial charge >= 0.3 is 0 Å². The molecule has 0 aromatic heterocycles. The van der Waals surface area contributed by atoms with Gasteiger partial charge in [0.25, 0.3) is 0 Å². The van der Waals surface area contributed by atoms with Gasteiger partial charge in [0, 0.05) is 0 Å². The van der Waals surface area contributed by atoms with E-state index in [1.165, 1.54) is 0 Å². The van der Waals surface area contributed by atoms with Crippen molar-refractivity contribution in [1.29, 1.82) is 0 Å². The van der Waals surface area contributed by atoms with Crippen molar-refractivity contribution < 1.29 is 10.2 Å². The first-order valence-corrected chi connectivity index (χ1v) is 5.23. The Hall–Kier alpha value is -1.64. The first-order valence-electron chi connectivity index (χ1n) is 5.23. The van der Waals surface area contributed by atoms with Crippen molar-refractivity contribution in [2.24, 2.45) is 0 Å². The Bertz CT molecular complexity index is 441. The molecule has 0 unspecified atom stereocenters. The smallest absolute Gasteiger partial charge is 0.0682 e. The maximum atomic E-state index is 9.15. The lowest BCUT2D eigenvalue weighted by Crippen LogP contribution is -1.91. The molecule has 2 nitrogen and oxygen atoms in total. The van der Waals surface area contributed by atoms with Crippen LogP contribution >= 0.6 is 0 Å². The second-order valence-electron chi connectivity index (χ2n) is 3.72. The minimum absolute atomic E-state index is 0.00628. The highest BCUT2D eigenvalue weighted by molar-refractivity contribution is 5.65. The summed E-state index contributed by atoms with van der Waals surface area (Å²) in [7, 11) is 0. The van der Waals surface area contributed by atoms with Gasteiger partial charge in [-0.25, -0.2) is 0 Å². The van der Waals surface area contributed by atoms with Crippen LogP contribution in [-0.2, 0) is 13.2 Å². The summed E-state index contributed by atoms with van der Waals surface area (Å²) in [4.78, 5) is 0. The van der Waals surface area contributed by atoms with Crippen LogP contribution in [-0.4, -0.2) is 10.2 Å². The molecular weight excluding hydrogens is 200 g/mol. The van der Waals surface area contributed by atoms with Gasteiger partial charge in [0.1, 0.15) is 0 Å². The average Bonchev–Trinajstić information content (AvgIpc) is 2.39. The summed E-state index contributed by atoms with van der Waals surface area (Å²) in [6.45, 7) is -0.0126. The predicted octanol–water partition coefficient (Wildman–Crippen LogP) is 2.34. The Morgan fingerprint density at radius 3 is 1.75 bits per heavy atom. The second-order valence-corrected chi connectivity index (χ2v) is 3.72. The van der Waals surface area contributed by atoms with Crippen LogP contribution in [0.2, 0.25) is 0 Å². The molecule has 16 heavy (non-hydrogen) atoms. The molecule has 0 bridgehead atoms. The van der Waals surface area contributed by atoms with Crippen molar-refractivity contribution in [2.75, 3.05) is 0 Å². The van der Waals surface area contributed by atoms with Crippen LogP contribution in [0.1, 0.15) is 11.1 Å². The topological polar surface area (TPSA) is 40.5 Å². The fourth-order valence-corrected chi connectivity index (χ4v) is 1.74. The number of rotatable bonds is 3. The molecule has 0 fully saturated rings. The quantitative estimate of drug-likeness (QED) is 0.823. The van der Waals surface area contributed by atoms with Gasteiger partial charge in [0.05, 0.1) is 13.2 Å². The van der Waals surface area contributed by atoms with Crippen molar-refractivity contribution in [2.45, 2.75) is 13.2 Å². The van der Waals surface area contributed by atoms with Crippen LogP contribution in [0.15, 0.2) is 48.5 Å². The average molecular weight is 214 g/mol. The molecule has 0 aliphatic rings. The highest BCUT2D eigenvalue weighted by atomic mass is 16.3. The summed E-state index contributed by atoms with van der Waals surface area (Å²) in [5.74, 6) is 0. The van der Waals surface area contributed by atoms with E-state index in [1.54, 1.807) is 0 Å². The molecule has 0 aliphatic heterocycles. The Balaban J connectivity index is 2.48. The molecule has 2 rings (SSSR count). The lowest BCUT2D eigenvalue weighted by atomic mass is 10.0. The summed E-state index contributed by atoms with van der Waals surface area (Å²) in [5.41, 5.74) is 3.76. The lowest BCUT2D eigenvalue weighted by Gasteiger charge is -2.07. The van der Waals surface area contributed by atoms with Crippen molar-refractivity contribution in [3.05, 3.63) is 59.7 Å². The zero-order valence-electron chi connectivity index (χ0n) is 8.93. The molecule has 0 saturated carbocycles. The minimum atomic E-state index is -0.00628. The molecule has 0 radical (unpaired) electrons. The summed E-state index contributed by atoms with van der Waals surface area (Å²) in [6.07, 6.45) is 0. The molecule has 2 N–H and O–H groups in total. The minimum Gasteiger partial charge on any atom is -0.392 e. The number of aliphatic hydroxyl groups excluding tert-OH is 2. The zero-order valence-corrected chi connectivity index (χ0v) is 8.93. The second kappa shape index (κ2) is 4.92. The Morgan fingerprint density at radius 1 is 0.688 bits per heavy atom. The van der Waals surface area contributed by atoms with E-state index in [2.05, 4.69) is 0 Å². The van der Waals surface area contributed by atoms with E-state index < -0.39 is 0 Å². The van der Waals surface area contributed by atoms with Crippen molar-refractivity contribution in [1.82, 2.24) is 0 Å². The van der Waals surface area contributed by atoms with Crippen LogP contribution in [0.3, 0.4) is 0 Å². The third kappa shape index (κ3) is 2.30. The van der Waals surface area contributed by atoms with Gasteiger partial charge in [-0.05, 0) is 34.4 Å². The monoisotopic (exact) mass is 214 g/mol. The van der Waals surface area contributed by atoms with Crippen LogP contribution in [0.25, 0.3) is 11.1 Å². The van der Waals surface area contributed by atoms with Gasteiger partial charge in [-0.15, -0.1) is 0 Å². The van der Waals surface area contributed by atoms with E-state index in [0.29, 0.717) is 0 Å². The third-order valence-electron chi connectivity index (χ3n) is 2.52. The Morgan fingerprint density at radius 2 is 1.25 bits per heavy atom. The molecule has 2 aromatic carbocycles. The maximum Gasteiger partial charge on any atom is 0.0682 e. The van der Waals surface area contributed by atoms with E-state index >= 15 is 0 Å². The first-order chi connectivity index (χ1) is 7.83. The summed E-state index contributed by atoms with van der Waals surface area (Å²) in [6, 6.07) is 15.6. The van der Waals surface area contributed by atoms with Crippen molar-refractivity contribution >= 4 is 0 Å². The molecule has 0 aliphatic carbocycles. The SMILES string of the molecule is OCc1cc(CO)cc(-c2ccccc2)c1. The van der Waals surface area contributed by atoms with E-state index in [1.807, 2.05) is 48.5 Å². The van der Waals surface area contributed by atoms with Crippen LogP contribution in [0.5, 0.6) is 0 Å². The van der Waals surface area contributed by atoms with Gasteiger partial charge in [-0.2, -0.15) is 0 Å². The molecule has 82 valence electrons. The first kappa shape index (κ1) is 10.9. The number of benzene rings is 2. The van der Waals surface area contributed by atoms with Crippen LogP contribution in [0, 0.1) is 0 Å². The fraction of sp³-hybridized carbons (Fsp3) is 0.143. The Kier molecular flexibility index (Phi) is 3.34. The van der Waals surface area contributed by atoms with Crippen LogP contribution in [0.4, 0.5) is 0 Å². The van der Waals surface area contributed by atoms with Gasteiger partial charge < -0.3 is 10.2 Å².